The number of carbonyl (C=O) groups is 1. The summed E-state index contributed by atoms with van der Waals surface area (Å²) >= 11 is 5.59. The number of hydrogen-bond donors (Lipinski definition) is 2. The molecule has 0 atom stereocenters. The highest BCUT2D eigenvalue weighted by atomic mass is 35.5. The number of anilines is 1. The summed E-state index contributed by atoms with van der Waals surface area (Å²) in [6.07, 6.45) is -4.75. The van der Waals surface area contributed by atoms with Crippen LogP contribution in [0.2, 0.25) is 5.02 Å². The van der Waals surface area contributed by atoms with Gasteiger partial charge in [-0.05, 0) is 12.1 Å². The van der Waals surface area contributed by atoms with Crippen LogP contribution in [0.15, 0.2) is 24.3 Å². The number of alkyl halides is 3. The van der Waals surface area contributed by atoms with Crippen LogP contribution in [0.3, 0.4) is 0 Å². The summed E-state index contributed by atoms with van der Waals surface area (Å²) < 4.78 is 38.7. The maximum Gasteiger partial charge on any atom is 0.436 e. The molecule has 0 aliphatic carbocycles. The molecule has 0 bridgehead atoms. The van der Waals surface area contributed by atoms with E-state index in [2.05, 4.69) is 10.4 Å². The van der Waals surface area contributed by atoms with Crippen LogP contribution in [-0.2, 0) is 13.2 Å². The van der Waals surface area contributed by atoms with Crippen molar-refractivity contribution in [2.75, 3.05) is 5.32 Å². The molecule has 0 saturated heterocycles. The van der Waals surface area contributed by atoms with Crippen molar-refractivity contribution < 1.29 is 23.1 Å². The molecule has 0 aliphatic heterocycles. The quantitative estimate of drug-likeness (QED) is 0.894. The van der Waals surface area contributed by atoms with Crippen LogP contribution in [0.1, 0.15) is 16.2 Å². The fourth-order valence-electron chi connectivity index (χ4n) is 1.70. The van der Waals surface area contributed by atoms with Gasteiger partial charge in [-0.1, -0.05) is 17.7 Å². The van der Waals surface area contributed by atoms with Gasteiger partial charge in [0.1, 0.15) is 16.5 Å². The zero-order valence-electron chi connectivity index (χ0n) is 10.6. The summed E-state index contributed by atoms with van der Waals surface area (Å²) in [5, 5.41) is 14.0. The van der Waals surface area contributed by atoms with E-state index in [-0.39, 0.29) is 11.4 Å². The molecule has 1 aromatic carbocycles. The molecule has 112 valence electrons. The summed E-state index contributed by atoms with van der Waals surface area (Å²) in [6.45, 7) is 0. The summed E-state index contributed by atoms with van der Waals surface area (Å²) in [6, 6.07) is 5.56. The standard InChI is InChI=1S/C12H9ClF3N3O2/c1-19-9(8(13)10(18-19)12(14,15)16)11(21)17-6-3-2-4-7(20)5-6/h2-5,20H,1H3,(H,17,21). The molecule has 0 aliphatic rings. The van der Waals surface area contributed by atoms with Gasteiger partial charge in [0, 0.05) is 18.8 Å². The van der Waals surface area contributed by atoms with E-state index in [1.165, 1.54) is 31.3 Å². The average molecular weight is 320 g/mol. The van der Waals surface area contributed by atoms with Crippen LogP contribution in [0, 0.1) is 0 Å². The molecule has 0 saturated carbocycles. The predicted molar refractivity (Wildman–Crippen MR) is 69.3 cm³/mol. The first-order valence-corrected chi connectivity index (χ1v) is 5.98. The lowest BCUT2D eigenvalue weighted by molar-refractivity contribution is -0.141. The Hall–Kier alpha value is -2.22. The van der Waals surface area contributed by atoms with Gasteiger partial charge in [0.25, 0.3) is 5.91 Å². The molecular formula is C12H9ClF3N3O2. The topological polar surface area (TPSA) is 67.2 Å². The van der Waals surface area contributed by atoms with Crippen LogP contribution >= 0.6 is 11.6 Å². The third-order valence-electron chi connectivity index (χ3n) is 2.58. The second-order valence-electron chi connectivity index (χ2n) is 4.14. The van der Waals surface area contributed by atoms with Gasteiger partial charge in [0.2, 0.25) is 0 Å². The largest absolute Gasteiger partial charge is 0.508 e. The van der Waals surface area contributed by atoms with Gasteiger partial charge in [0.05, 0.1) is 0 Å². The molecule has 1 aromatic heterocycles. The van der Waals surface area contributed by atoms with Crippen molar-refractivity contribution in [1.29, 1.82) is 0 Å². The normalized spacial score (nSPS) is 11.5. The molecule has 9 heteroatoms. The highest BCUT2D eigenvalue weighted by Gasteiger charge is 2.39. The minimum atomic E-state index is -4.75. The Morgan fingerprint density at radius 1 is 1.43 bits per heavy atom. The smallest absolute Gasteiger partial charge is 0.436 e. The number of amides is 1. The van der Waals surface area contributed by atoms with E-state index in [1.54, 1.807) is 0 Å². The van der Waals surface area contributed by atoms with Gasteiger partial charge in [-0.3, -0.25) is 9.48 Å². The number of benzene rings is 1. The van der Waals surface area contributed by atoms with Gasteiger partial charge in [-0.15, -0.1) is 0 Å². The summed E-state index contributed by atoms with van der Waals surface area (Å²) in [5.41, 5.74) is -1.54. The van der Waals surface area contributed by atoms with Crippen molar-refractivity contribution >= 4 is 23.2 Å². The Morgan fingerprint density at radius 2 is 2.10 bits per heavy atom. The predicted octanol–water partition coefficient (Wildman–Crippen LogP) is 3.05. The molecule has 2 aromatic rings. The fourth-order valence-corrected chi connectivity index (χ4v) is 2.05. The number of halogens is 4. The summed E-state index contributed by atoms with van der Waals surface area (Å²) in [4.78, 5) is 12.0. The molecule has 0 fully saturated rings. The monoisotopic (exact) mass is 319 g/mol. The summed E-state index contributed by atoms with van der Waals surface area (Å²) in [5.74, 6) is -0.962. The van der Waals surface area contributed by atoms with Crippen molar-refractivity contribution in [1.82, 2.24) is 9.78 Å². The third kappa shape index (κ3) is 3.10. The second-order valence-corrected chi connectivity index (χ2v) is 4.51. The van der Waals surface area contributed by atoms with Crippen molar-refractivity contribution in [2.24, 2.45) is 7.05 Å². The van der Waals surface area contributed by atoms with Gasteiger partial charge >= 0.3 is 6.18 Å². The van der Waals surface area contributed by atoms with Gasteiger partial charge in [-0.2, -0.15) is 18.3 Å². The lowest BCUT2D eigenvalue weighted by atomic mass is 10.2. The minimum absolute atomic E-state index is 0.0973. The Labute approximate surface area is 121 Å². The molecule has 21 heavy (non-hydrogen) atoms. The molecule has 0 spiro atoms. The van der Waals surface area contributed by atoms with E-state index in [9.17, 15) is 23.1 Å². The highest BCUT2D eigenvalue weighted by molar-refractivity contribution is 6.34. The number of rotatable bonds is 2. The van der Waals surface area contributed by atoms with E-state index in [0.717, 1.165) is 4.68 Å². The number of aryl methyl sites for hydroxylation is 1. The zero-order valence-corrected chi connectivity index (χ0v) is 11.3. The van der Waals surface area contributed by atoms with Crippen LogP contribution < -0.4 is 5.32 Å². The minimum Gasteiger partial charge on any atom is -0.508 e. The van der Waals surface area contributed by atoms with E-state index in [0.29, 0.717) is 0 Å². The average Bonchev–Trinajstić information content (AvgIpc) is 2.64. The number of aromatic hydroxyl groups is 1. The number of phenols is 1. The van der Waals surface area contributed by atoms with Crippen LogP contribution in [0.4, 0.5) is 18.9 Å². The Bertz CT molecular complexity index is 698. The molecule has 2 rings (SSSR count). The van der Waals surface area contributed by atoms with Gasteiger partial charge in [-0.25, -0.2) is 0 Å². The van der Waals surface area contributed by atoms with E-state index in [1.807, 2.05) is 0 Å². The first kappa shape index (κ1) is 15.2. The number of nitrogens with one attached hydrogen (secondary N) is 1. The van der Waals surface area contributed by atoms with Crippen molar-refractivity contribution in [2.45, 2.75) is 6.18 Å². The number of carbonyl (C=O) groups excluding carboxylic acids is 1. The van der Waals surface area contributed by atoms with Gasteiger partial charge < -0.3 is 10.4 Å². The van der Waals surface area contributed by atoms with Crippen LogP contribution in [-0.4, -0.2) is 20.8 Å². The number of aromatic nitrogens is 2. The first-order chi connectivity index (χ1) is 9.70. The maximum absolute atomic E-state index is 12.7. The van der Waals surface area contributed by atoms with E-state index < -0.39 is 28.5 Å². The first-order valence-electron chi connectivity index (χ1n) is 5.60. The number of nitrogens with zero attached hydrogens (tertiary/aromatic N) is 2. The molecular weight excluding hydrogens is 311 g/mol. The van der Waals surface area contributed by atoms with E-state index in [4.69, 9.17) is 11.6 Å². The Morgan fingerprint density at radius 3 is 2.62 bits per heavy atom. The molecule has 2 N–H and O–H groups in total. The number of phenolic OH excluding ortho intramolecular Hbond substituents is 1. The molecule has 0 unspecified atom stereocenters. The Balaban J connectivity index is 2.34. The van der Waals surface area contributed by atoms with Crippen molar-refractivity contribution in [3.63, 3.8) is 0 Å². The molecule has 0 radical (unpaired) electrons. The van der Waals surface area contributed by atoms with Crippen LogP contribution in [0.25, 0.3) is 0 Å². The Kier molecular flexibility index (Phi) is 3.82. The number of hydrogen-bond acceptors (Lipinski definition) is 3. The summed E-state index contributed by atoms with van der Waals surface area (Å²) in [7, 11) is 1.18. The zero-order chi connectivity index (χ0) is 15.8. The van der Waals surface area contributed by atoms with E-state index >= 15 is 0 Å². The maximum atomic E-state index is 12.7. The molecule has 5 nitrogen and oxygen atoms in total. The van der Waals surface area contributed by atoms with Crippen LogP contribution in [0.5, 0.6) is 5.75 Å². The fraction of sp³-hybridized carbons (Fsp3) is 0.167. The molecule has 1 amide bonds. The van der Waals surface area contributed by atoms with Gasteiger partial charge in [0.15, 0.2) is 5.69 Å². The highest BCUT2D eigenvalue weighted by Crippen LogP contribution is 2.35. The van der Waals surface area contributed by atoms with Crippen molar-refractivity contribution in [3.8, 4) is 5.75 Å². The second kappa shape index (κ2) is 5.28. The van der Waals surface area contributed by atoms with Crippen molar-refractivity contribution in [3.05, 3.63) is 40.7 Å². The lowest BCUT2D eigenvalue weighted by Gasteiger charge is -2.06. The SMILES string of the molecule is Cn1nc(C(F)(F)F)c(Cl)c1C(=O)Nc1cccc(O)c1. The lowest BCUT2D eigenvalue weighted by Crippen LogP contribution is -2.16. The molecule has 1 heterocycles. The third-order valence-corrected chi connectivity index (χ3v) is 2.94.